The molecule has 2 heterocycles. The van der Waals surface area contributed by atoms with Gasteiger partial charge in [0.05, 0.1) is 10.4 Å². The summed E-state index contributed by atoms with van der Waals surface area (Å²) in [4.78, 5) is 14.9. The van der Waals surface area contributed by atoms with E-state index in [9.17, 15) is 10.1 Å². The molecule has 0 fully saturated rings. The summed E-state index contributed by atoms with van der Waals surface area (Å²) in [5.41, 5.74) is 2.82. The van der Waals surface area contributed by atoms with Crippen molar-refractivity contribution in [1.29, 1.82) is 0 Å². The first-order chi connectivity index (χ1) is 10.8. The minimum Gasteiger partial charge on any atom is -0.294 e. The fourth-order valence-corrected chi connectivity index (χ4v) is 2.78. The average molecular weight is 289 g/mol. The van der Waals surface area contributed by atoms with Crippen molar-refractivity contribution in [2.75, 3.05) is 0 Å². The molecular formula is C17H11N3O2. The van der Waals surface area contributed by atoms with Gasteiger partial charge in [-0.05, 0) is 30.3 Å². The van der Waals surface area contributed by atoms with Gasteiger partial charge in [0.15, 0.2) is 0 Å². The van der Waals surface area contributed by atoms with Crippen LogP contribution in [0.1, 0.15) is 0 Å². The van der Waals surface area contributed by atoms with E-state index in [0.717, 1.165) is 27.6 Å². The monoisotopic (exact) mass is 289 g/mol. The Morgan fingerprint density at radius 2 is 1.64 bits per heavy atom. The van der Waals surface area contributed by atoms with Crippen LogP contribution in [0.2, 0.25) is 0 Å². The molecule has 0 amide bonds. The van der Waals surface area contributed by atoms with Crippen LogP contribution in [0.5, 0.6) is 0 Å². The summed E-state index contributed by atoms with van der Waals surface area (Å²) in [6.07, 6.45) is 1.75. The Labute approximate surface area is 125 Å². The zero-order valence-electron chi connectivity index (χ0n) is 11.5. The van der Waals surface area contributed by atoms with Crippen molar-refractivity contribution in [3.63, 3.8) is 0 Å². The van der Waals surface area contributed by atoms with Crippen LogP contribution in [-0.2, 0) is 0 Å². The second-order valence-corrected chi connectivity index (χ2v) is 5.00. The maximum atomic E-state index is 10.8. The third-order valence-electron chi connectivity index (χ3n) is 3.75. The first-order valence-corrected chi connectivity index (χ1v) is 6.85. The highest BCUT2D eigenvalue weighted by atomic mass is 16.6. The van der Waals surface area contributed by atoms with Crippen molar-refractivity contribution in [2.45, 2.75) is 0 Å². The highest BCUT2D eigenvalue weighted by Crippen LogP contribution is 2.30. The van der Waals surface area contributed by atoms with E-state index >= 15 is 0 Å². The largest absolute Gasteiger partial charge is 0.294 e. The van der Waals surface area contributed by atoms with Crippen molar-refractivity contribution in [1.82, 2.24) is 9.55 Å². The van der Waals surface area contributed by atoms with Crippen molar-refractivity contribution in [3.8, 4) is 5.69 Å². The Bertz CT molecular complexity index is 950. The second kappa shape index (κ2) is 4.66. The number of hydrogen-bond donors (Lipinski definition) is 0. The first kappa shape index (κ1) is 12.5. The molecule has 0 saturated heterocycles. The molecule has 2 aromatic heterocycles. The summed E-state index contributed by atoms with van der Waals surface area (Å²) in [6, 6.07) is 18.5. The Balaban J connectivity index is 2.06. The number of para-hydroxylation sites is 1. The maximum absolute atomic E-state index is 10.8. The molecule has 0 aliphatic rings. The summed E-state index contributed by atoms with van der Waals surface area (Å²) in [7, 11) is 0. The van der Waals surface area contributed by atoms with E-state index in [1.54, 1.807) is 18.3 Å². The Kier molecular flexibility index (Phi) is 2.66. The van der Waals surface area contributed by atoms with E-state index in [2.05, 4.69) is 11.1 Å². The summed E-state index contributed by atoms with van der Waals surface area (Å²) in [6.45, 7) is 0. The lowest BCUT2D eigenvalue weighted by Gasteiger charge is -2.06. The Hall–Kier alpha value is -3.21. The quantitative estimate of drug-likeness (QED) is 0.412. The number of nitrogens with zero attached hydrogens (tertiary/aromatic N) is 3. The van der Waals surface area contributed by atoms with Gasteiger partial charge in [-0.2, -0.15) is 0 Å². The molecule has 0 aliphatic heterocycles. The molecule has 2 aromatic carbocycles. The van der Waals surface area contributed by atoms with Crippen molar-refractivity contribution in [3.05, 3.63) is 77.0 Å². The molecule has 0 unspecified atom stereocenters. The molecule has 0 aliphatic carbocycles. The van der Waals surface area contributed by atoms with Crippen LogP contribution < -0.4 is 0 Å². The molecule has 0 radical (unpaired) electrons. The second-order valence-electron chi connectivity index (χ2n) is 5.00. The topological polar surface area (TPSA) is 61.0 Å². The number of fused-ring (bicyclic) bond motifs is 3. The Morgan fingerprint density at radius 3 is 2.41 bits per heavy atom. The zero-order chi connectivity index (χ0) is 15.1. The van der Waals surface area contributed by atoms with E-state index in [0.29, 0.717) is 0 Å². The SMILES string of the molecule is O=[N+]([O-])c1ccc(-n2c3ccccc3c3cccnc32)cc1. The molecule has 5 nitrogen and oxygen atoms in total. The lowest BCUT2D eigenvalue weighted by Crippen LogP contribution is -1.96. The van der Waals surface area contributed by atoms with Gasteiger partial charge in [-0.3, -0.25) is 14.7 Å². The van der Waals surface area contributed by atoms with Crippen molar-refractivity contribution < 1.29 is 4.92 Å². The average Bonchev–Trinajstić information content (AvgIpc) is 2.89. The van der Waals surface area contributed by atoms with Crippen LogP contribution in [0.15, 0.2) is 66.9 Å². The maximum Gasteiger partial charge on any atom is 0.269 e. The Morgan fingerprint density at radius 1 is 0.909 bits per heavy atom. The van der Waals surface area contributed by atoms with Crippen molar-refractivity contribution >= 4 is 27.6 Å². The van der Waals surface area contributed by atoms with Crippen LogP contribution in [0, 0.1) is 10.1 Å². The van der Waals surface area contributed by atoms with Crippen LogP contribution in [0.25, 0.3) is 27.6 Å². The highest BCUT2D eigenvalue weighted by molar-refractivity contribution is 6.07. The molecule has 106 valence electrons. The molecular weight excluding hydrogens is 278 g/mol. The lowest BCUT2D eigenvalue weighted by molar-refractivity contribution is -0.384. The third-order valence-corrected chi connectivity index (χ3v) is 3.75. The predicted octanol–water partition coefficient (Wildman–Crippen LogP) is 4.09. The number of aromatic nitrogens is 2. The number of nitro benzene ring substituents is 1. The summed E-state index contributed by atoms with van der Waals surface area (Å²) >= 11 is 0. The number of pyridine rings is 1. The molecule has 4 aromatic rings. The summed E-state index contributed by atoms with van der Waals surface area (Å²) in [5.74, 6) is 0. The van der Waals surface area contributed by atoms with Gasteiger partial charge in [-0.15, -0.1) is 0 Å². The van der Waals surface area contributed by atoms with Gasteiger partial charge in [0, 0.05) is 34.8 Å². The number of nitro groups is 1. The van der Waals surface area contributed by atoms with E-state index in [1.165, 1.54) is 12.1 Å². The number of rotatable bonds is 2. The van der Waals surface area contributed by atoms with Crippen LogP contribution in [-0.4, -0.2) is 14.5 Å². The zero-order valence-corrected chi connectivity index (χ0v) is 11.5. The summed E-state index contributed by atoms with van der Waals surface area (Å²) < 4.78 is 2.02. The first-order valence-electron chi connectivity index (χ1n) is 6.85. The van der Waals surface area contributed by atoms with Crippen LogP contribution in [0.3, 0.4) is 0 Å². The standard InChI is InChI=1S/C17H11N3O2/c21-20(22)13-9-7-12(8-10-13)19-16-6-2-1-4-14(16)15-5-3-11-18-17(15)19/h1-11H. The molecule has 0 bridgehead atoms. The molecule has 5 heteroatoms. The van der Waals surface area contributed by atoms with Gasteiger partial charge in [0.1, 0.15) is 5.65 Å². The van der Waals surface area contributed by atoms with Gasteiger partial charge < -0.3 is 0 Å². The molecule has 4 rings (SSSR count). The minimum atomic E-state index is -0.395. The van der Waals surface area contributed by atoms with Gasteiger partial charge in [-0.25, -0.2) is 4.98 Å². The predicted molar refractivity (Wildman–Crippen MR) is 85.2 cm³/mol. The smallest absolute Gasteiger partial charge is 0.269 e. The molecule has 0 spiro atoms. The van der Waals surface area contributed by atoms with Crippen LogP contribution >= 0.6 is 0 Å². The van der Waals surface area contributed by atoms with Gasteiger partial charge >= 0.3 is 0 Å². The minimum absolute atomic E-state index is 0.0810. The van der Waals surface area contributed by atoms with Gasteiger partial charge in [-0.1, -0.05) is 18.2 Å². The molecule has 0 atom stereocenters. The summed E-state index contributed by atoms with van der Waals surface area (Å²) in [5, 5.41) is 13.0. The normalized spacial score (nSPS) is 11.1. The third kappa shape index (κ3) is 1.76. The van der Waals surface area contributed by atoms with Crippen molar-refractivity contribution in [2.24, 2.45) is 0 Å². The van der Waals surface area contributed by atoms with E-state index in [-0.39, 0.29) is 5.69 Å². The highest BCUT2D eigenvalue weighted by Gasteiger charge is 2.13. The van der Waals surface area contributed by atoms with Gasteiger partial charge in [0.25, 0.3) is 5.69 Å². The lowest BCUT2D eigenvalue weighted by atomic mass is 10.2. The molecule has 0 N–H and O–H groups in total. The van der Waals surface area contributed by atoms with E-state index < -0.39 is 4.92 Å². The number of benzene rings is 2. The van der Waals surface area contributed by atoms with Gasteiger partial charge in [0.2, 0.25) is 0 Å². The molecule has 0 saturated carbocycles. The van der Waals surface area contributed by atoms with Crippen LogP contribution in [0.4, 0.5) is 5.69 Å². The fourth-order valence-electron chi connectivity index (χ4n) is 2.78. The number of hydrogen-bond acceptors (Lipinski definition) is 3. The number of non-ortho nitro benzene ring substituents is 1. The van der Waals surface area contributed by atoms with E-state index in [4.69, 9.17) is 0 Å². The fraction of sp³-hybridized carbons (Fsp3) is 0. The van der Waals surface area contributed by atoms with E-state index in [1.807, 2.05) is 34.9 Å². The molecule has 22 heavy (non-hydrogen) atoms.